The highest BCUT2D eigenvalue weighted by Gasteiger charge is 2.22. The minimum absolute atomic E-state index is 0.00667. The fourth-order valence-electron chi connectivity index (χ4n) is 1.47. The lowest BCUT2D eigenvalue weighted by atomic mass is 10.2. The van der Waals surface area contributed by atoms with Gasteiger partial charge in [-0.25, -0.2) is 9.78 Å². The van der Waals surface area contributed by atoms with Crippen molar-refractivity contribution < 1.29 is 23.8 Å². The molecule has 0 N–H and O–H groups in total. The largest absolute Gasteiger partial charge is 0.488 e. The number of methoxy groups -OCH3 is 2. The van der Waals surface area contributed by atoms with E-state index >= 15 is 0 Å². The van der Waals surface area contributed by atoms with Gasteiger partial charge in [-0.2, -0.15) is 0 Å². The van der Waals surface area contributed by atoms with E-state index in [1.54, 1.807) is 7.11 Å². The maximum atomic E-state index is 11.7. The molecule has 0 unspecified atom stereocenters. The number of amides is 1. The van der Waals surface area contributed by atoms with Gasteiger partial charge in [-0.15, -0.1) is 0 Å². The third-order valence-electron chi connectivity index (χ3n) is 2.68. The summed E-state index contributed by atoms with van der Waals surface area (Å²) in [6.07, 6.45) is 0. The topological polar surface area (TPSA) is 78.0 Å². The monoisotopic (exact) mass is 316 g/mol. The number of pyridine rings is 1. The lowest BCUT2D eigenvalue weighted by molar-refractivity contribution is -0.116. The molecule has 0 saturated carbocycles. The molecular weight excluding hydrogens is 300 g/mol. The standard InChI is InChI=1S/C13H17ClN2O5/c1-8(17)16(2)9-7-10(21-6-5-19-3)12(14)15-11(9)13(18)20-4/h7H,5-6H2,1-4H3. The van der Waals surface area contributed by atoms with Crippen LogP contribution in [0.1, 0.15) is 17.4 Å². The highest BCUT2D eigenvalue weighted by atomic mass is 35.5. The number of esters is 1. The average Bonchev–Trinajstić information content (AvgIpc) is 2.47. The van der Waals surface area contributed by atoms with Crippen LogP contribution < -0.4 is 9.64 Å². The third-order valence-corrected chi connectivity index (χ3v) is 2.95. The molecule has 1 rings (SSSR count). The Bertz CT molecular complexity index is 536. The third kappa shape index (κ3) is 4.30. The van der Waals surface area contributed by atoms with Gasteiger partial charge in [0.05, 0.1) is 19.4 Å². The Morgan fingerprint density at radius 1 is 1.33 bits per heavy atom. The molecule has 21 heavy (non-hydrogen) atoms. The number of hydrogen-bond donors (Lipinski definition) is 0. The second-order valence-corrected chi connectivity index (χ2v) is 4.41. The molecule has 1 amide bonds. The van der Waals surface area contributed by atoms with Gasteiger partial charge in [-0.05, 0) is 0 Å². The van der Waals surface area contributed by atoms with Gasteiger partial charge >= 0.3 is 5.97 Å². The summed E-state index contributed by atoms with van der Waals surface area (Å²) in [5.74, 6) is -0.708. The van der Waals surface area contributed by atoms with Gasteiger partial charge in [0, 0.05) is 27.1 Å². The van der Waals surface area contributed by atoms with Crippen molar-refractivity contribution in [3.8, 4) is 5.75 Å². The van der Waals surface area contributed by atoms with Crippen molar-refractivity contribution in [2.75, 3.05) is 39.4 Å². The molecule has 1 heterocycles. The number of halogens is 1. The summed E-state index contributed by atoms with van der Waals surface area (Å²) < 4.78 is 14.9. The zero-order chi connectivity index (χ0) is 16.0. The number of carbonyl (C=O) groups is 2. The number of carbonyl (C=O) groups excluding carboxylic acids is 2. The van der Waals surface area contributed by atoms with E-state index in [1.807, 2.05) is 0 Å². The van der Waals surface area contributed by atoms with Crippen molar-refractivity contribution >= 4 is 29.2 Å². The van der Waals surface area contributed by atoms with Crippen molar-refractivity contribution in [3.63, 3.8) is 0 Å². The Hall–Kier alpha value is -1.86. The molecule has 0 saturated heterocycles. The maximum absolute atomic E-state index is 11.7. The number of hydrogen-bond acceptors (Lipinski definition) is 6. The molecule has 116 valence electrons. The fraction of sp³-hybridized carbons (Fsp3) is 0.462. The van der Waals surface area contributed by atoms with Crippen molar-refractivity contribution in [2.24, 2.45) is 0 Å². The van der Waals surface area contributed by atoms with Gasteiger partial charge in [0.25, 0.3) is 0 Å². The van der Waals surface area contributed by atoms with Crippen LogP contribution in [0.15, 0.2) is 6.07 Å². The SMILES string of the molecule is COCCOc1cc(N(C)C(C)=O)c(C(=O)OC)nc1Cl. The molecule has 0 aromatic carbocycles. The first-order valence-corrected chi connectivity index (χ1v) is 6.45. The molecule has 0 radical (unpaired) electrons. The molecule has 7 nitrogen and oxygen atoms in total. The van der Waals surface area contributed by atoms with E-state index in [-0.39, 0.29) is 34.8 Å². The van der Waals surface area contributed by atoms with Crippen LogP contribution in [0.4, 0.5) is 5.69 Å². The summed E-state index contributed by atoms with van der Waals surface area (Å²) in [5, 5.41) is 0.00667. The number of nitrogens with zero attached hydrogens (tertiary/aromatic N) is 2. The zero-order valence-electron chi connectivity index (χ0n) is 12.3. The van der Waals surface area contributed by atoms with Crippen LogP contribution in [-0.2, 0) is 14.3 Å². The van der Waals surface area contributed by atoms with Crippen molar-refractivity contribution in [1.29, 1.82) is 0 Å². The first-order valence-electron chi connectivity index (χ1n) is 6.07. The lowest BCUT2D eigenvalue weighted by Gasteiger charge is -2.19. The van der Waals surface area contributed by atoms with Crippen molar-refractivity contribution in [3.05, 3.63) is 16.9 Å². The quantitative estimate of drug-likeness (QED) is 0.450. The summed E-state index contributed by atoms with van der Waals surface area (Å²) in [7, 11) is 4.27. The van der Waals surface area contributed by atoms with Crippen molar-refractivity contribution in [1.82, 2.24) is 4.98 Å². The molecule has 0 aliphatic carbocycles. The van der Waals surface area contributed by atoms with Gasteiger partial charge < -0.3 is 19.1 Å². The van der Waals surface area contributed by atoms with Gasteiger partial charge in [-0.1, -0.05) is 11.6 Å². The molecule has 0 atom stereocenters. The zero-order valence-corrected chi connectivity index (χ0v) is 13.1. The highest BCUT2D eigenvalue weighted by Crippen LogP contribution is 2.30. The number of anilines is 1. The van der Waals surface area contributed by atoms with Crippen LogP contribution in [0, 0.1) is 0 Å². The number of rotatable bonds is 6. The van der Waals surface area contributed by atoms with Crippen LogP contribution in [0.25, 0.3) is 0 Å². The molecule has 0 aliphatic rings. The van der Waals surface area contributed by atoms with E-state index in [2.05, 4.69) is 9.72 Å². The van der Waals surface area contributed by atoms with Gasteiger partial charge in [-0.3, -0.25) is 4.79 Å². The van der Waals surface area contributed by atoms with E-state index in [1.165, 1.54) is 32.0 Å². The van der Waals surface area contributed by atoms with Crippen LogP contribution >= 0.6 is 11.6 Å². The van der Waals surface area contributed by atoms with Gasteiger partial charge in [0.2, 0.25) is 5.91 Å². The molecular formula is C13H17ClN2O5. The van der Waals surface area contributed by atoms with Gasteiger partial charge in [0.15, 0.2) is 16.6 Å². The predicted molar refractivity (Wildman–Crippen MR) is 77.0 cm³/mol. The summed E-state index contributed by atoms with van der Waals surface area (Å²) in [4.78, 5) is 28.5. The maximum Gasteiger partial charge on any atom is 0.358 e. The van der Waals surface area contributed by atoms with Gasteiger partial charge in [0.1, 0.15) is 6.61 Å². The Kier molecular flexibility index (Phi) is 6.39. The van der Waals surface area contributed by atoms with E-state index in [0.717, 1.165) is 0 Å². The lowest BCUT2D eigenvalue weighted by Crippen LogP contribution is -2.26. The molecule has 0 fully saturated rings. The minimum atomic E-state index is -0.691. The fourth-order valence-corrected chi connectivity index (χ4v) is 1.66. The molecule has 0 aliphatic heterocycles. The Balaban J connectivity index is 3.23. The van der Waals surface area contributed by atoms with E-state index in [9.17, 15) is 9.59 Å². The Morgan fingerprint density at radius 2 is 2.00 bits per heavy atom. The van der Waals surface area contributed by atoms with Crippen molar-refractivity contribution in [2.45, 2.75) is 6.92 Å². The first kappa shape index (κ1) is 17.2. The number of aromatic nitrogens is 1. The minimum Gasteiger partial charge on any atom is -0.488 e. The van der Waals surface area contributed by atoms with Crippen LogP contribution in [0.5, 0.6) is 5.75 Å². The van der Waals surface area contributed by atoms with E-state index in [0.29, 0.717) is 6.61 Å². The first-order chi connectivity index (χ1) is 9.92. The smallest absolute Gasteiger partial charge is 0.358 e. The van der Waals surface area contributed by atoms with Crippen LogP contribution in [-0.4, -0.2) is 51.3 Å². The molecule has 1 aromatic heterocycles. The van der Waals surface area contributed by atoms with E-state index < -0.39 is 5.97 Å². The second kappa shape index (κ2) is 7.80. The Morgan fingerprint density at radius 3 is 2.52 bits per heavy atom. The number of ether oxygens (including phenoxy) is 3. The van der Waals surface area contributed by atoms with E-state index in [4.69, 9.17) is 21.1 Å². The molecule has 8 heteroatoms. The predicted octanol–water partition coefficient (Wildman–Crippen LogP) is 1.53. The summed E-state index contributed by atoms with van der Waals surface area (Å²) in [6, 6.07) is 1.47. The van der Waals surface area contributed by atoms with Crippen LogP contribution in [0.2, 0.25) is 5.15 Å². The summed E-state index contributed by atoms with van der Waals surface area (Å²) in [5.41, 5.74) is 0.199. The normalized spacial score (nSPS) is 10.1. The molecule has 1 aromatic rings. The molecule has 0 bridgehead atoms. The average molecular weight is 317 g/mol. The summed E-state index contributed by atoms with van der Waals surface area (Å²) in [6.45, 7) is 1.99. The summed E-state index contributed by atoms with van der Waals surface area (Å²) >= 11 is 5.98. The second-order valence-electron chi connectivity index (χ2n) is 4.06. The Labute approximate surface area is 127 Å². The van der Waals surface area contributed by atoms with Crippen LogP contribution in [0.3, 0.4) is 0 Å². The molecule has 0 spiro atoms. The highest BCUT2D eigenvalue weighted by molar-refractivity contribution is 6.31.